The number of amides is 4. The summed E-state index contributed by atoms with van der Waals surface area (Å²) in [6.07, 6.45) is 0. The monoisotopic (exact) mass is 396 g/mol. The Morgan fingerprint density at radius 3 is 2.41 bits per heavy atom. The molecule has 2 aromatic rings. The molecular weight excluding hydrogens is 372 g/mol. The molecule has 0 radical (unpaired) electrons. The molecule has 4 amide bonds. The van der Waals surface area contributed by atoms with Gasteiger partial charge in [0.25, 0.3) is 0 Å². The summed E-state index contributed by atoms with van der Waals surface area (Å²) in [5.41, 5.74) is 2.08. The first-order valence-corrected chi connectivity index (χ1v) is 9.34. The van der Waals surface area contributed by atoms with Gasteiger partial charge >= 0.3 is 6.03 Å². The average molecular weight is 396 g/mol. The lowest BCUT2D eigenvalue weighted by molar-refractivity contribution is -0.123. The first-order valence-electron chi connectivity index (χ1n) is 9.34. The smallest absolute Gasteiger partial charge is 0.322 e. The molecule has 0 unspecified atom stereocenters. The Kier molecular flexibility index (Phi) is 6.80. The molecule has 8 nitrogen and oxygen atoms in total. The highest BCUT2D eigenvalue weighted by Crippen LogP contribution is 2.33. The van der Waals surface area contributed by atoms with Crippen molar-refractivity contribution in [2.45, 2.75) is 6.54 Å². The maximum atomic E-state index is 12.7. The van der Waals surface area contributed by atoms with Gasteiger partial charge in [-0.3, -0.25) is 19.4 Å². The van der Waals surface area contributed by atoms with Crippen molar-refractivity contribution in [1.29, 1.82) is 0 Å². The molecule has 1 aliphatic rings. The molecule has 8 heteroatoms. The second-order valence-corrected chi connectivity index (χ2v) is 6.54. The highest BCUT2D eigenvalue weighted by molar-refractivity contribution is 6.12. The Balaban J connectivity index is 1.71. The van der Waals surface area contributed by atoms with Crippen molar-refractivity contribution in [2.24, 2.45) is 0 Å². The highest BCUT2D eigenvalue weighted by atomic mass is 16.5. The normalized spacial score (nSPS) is 13.1. The van der Waals surface area contributed by atoms with E-state index in [0.717, 1.165) is 5.56 Å². The fourth-order valence-corrected chi connectivity index (χ4v) is 3.08. The predicted molar refractivity (Wildman–Crippen MR) is 110 cm³/mol. The third-order valence-corrected chi connectivity index (χ3v) is 4.52. The number of rotatable bonds is 7. The molecule has 29 heavy (non-hydrogen) atoms. The number of fused-ring (bicyclic) bond motifs is 1. The van der Waals surface area contributed by atoms with E-state index in [4.69, 9.17) is 4.74 Å². The average Bonchev–Trinajstić information content (AvgIpc) is 2.74. The van der Waals surface area contributed by atoms with Crippen LogP contribution in [0.3, 0.4) is 0 Å². The van der Waals surface area contributed by atoms with Crippen LogP contribution in [0, 0.1) is 0 Å². The number of methoxy groups -OCH3 is 1. The standard InChI is InChI=1S/C21H24N4O4/c1-29-12-11-22-19(26)14-24-17-9-5-6-10-18(17)25(15-20(24)27)21(28)23-13-16-7-3-2-4-8-16/h2-10H,11-15H2,1H3,(H,22,26)(H,23,28). The van der Waals surface area contributed by atoms with Gasteiger partial charge in [0.05, 0.1) is 18.0 Å². The summed E-state index contributed by atoms with van der Waals surface area (Å²) < 4.78 is 4.91. The van der Waals surface area contributed by atoms with Crippen LogP contribution in [-0.4, -0.2) is 51.2 Å². The number of nitrogens with one attached hydrogen (secondary N) is 2. The minimum atomic E-state index is -0.362. The highest BCUT2D eigenvalue weighted by Gasteiger charge is 2.33. The minimum Gasteiger partial charge on any atom is -0.383 e. The first kappa shape index (κ1) is 20.3. The van der Waals surface area contributed by atoms with Crippen LogP contribution in [0.1, 0.15) is 5.56 Å². The number of nitrogens with zero attached hydrogens (tertiary/aromatic N) is 2. The zero-order chi connectivity index (χ0) is 20.6. The van der Waals surface area contributed by atoms with E-state index in [9.17, 15) is 14.4 Å². The fraction of sp³-hybridized carbons (Fsp3) is 0.286. The summed E-state index contributed by atoms with van der Waals surface area (Å²) in [6.45, 7) is 0.874. The molecule has 152 valence electrons. The van der Waals surface area contributed by atoms with Crippen LogP contribution >= 0.6 is 0 Å². The number of hydrogen-bond donors (Lipinski definition) is 2. The van der Waals surface area contributed by atoms with Crippen LogP contribution in [0.5, 0.6) is 0 Å². The molecule has 2 N–H and O–H groups in total. The second-order valence-electron chi connectivity index (χ2n) is 6.54. The van der Waals surface area contributed by atoms with Crippen LogP contribution < -0.4 is 20.4 Å². The molecule has 0 bridgehead atoms. The first-order chi connectivity index (χ1) is 14.1. The van der Waals surface area contributed by atoms with Gasteiger partial charge in [0.15, 0.2) is 0 Å². The van der Waals surface area contributed by atoms with Crippen LogP contribution in [-0.2, 0) is 20.9 Å². The van der Waals surface area contributed by atoms with E-state index in [1.807, 2.05) is 30.3 Å². The number of carbonyl (C=O) groups is 3. The summed E-state index contributed by atoms with van der Waals surface area (Å²) >= 11 is 0. The lowest BCUT2D eigenvalue weighted by Crippen LogP contribution is -2.53. The van der Waals surface area contributed by atoms with E-state index < -0.39 is 0 Å². The molecule has 0 aromatic heterocycles. The van der Waals surface area contributed by atoms with Crippen molar-refractivity contribution >= 4 is 29.2 Å². The molecule has 0 fully saturated rings. The summed E-state index contributed by atoms with van der Waals surface area (Å²) in [4.78, 5) is 40.4. The Morgan fingerprint density at radius 1 is 1.00 bits per heavy atom. The third kappa shape index (κ3) is 5.11. The van der Waals surface area contributed by atoms with E-state index in [1.54, 1.807) is 31.4 Å². The van der Waals surface area contributed by atoms with E-state index in [1.165, 1.54) is 9.80 Å². The molecule has 2 aromatic carbocycles. The van der Waals surface area contributed by atoms with Gasteiger partial charge in [-0.05, 0) is 17.7 Å². The SMILES string of the molecule is COCCNC(=O)CN1C(=O)CN(C(=O)NCc2ccccc2)c2ccccc21. The topological polar surface area (TPSA) is 91.0 Å². The molecule has 0 atom stereocenters. The van der Waals surface area contributed by atoms with Gasteiger partial charge in [-0.2, -0.15) is 0 Å². The van der Waals surface area contributed by atoms with Crippen LogP contribution in [0.15, 0.2) is 54.6 Å². The van der Waals surface area contributed by atoms with Crippen molar-refractivity contribution in [2.75, 3.05) is 43.2 Å². The van der Waals surface area contributed by atoms with E-state index in [2.05, 4.69) is 10.6 Å². The van der Waals surface area contributed by atoms with Gasteiger partial charge in [-0.15, -0.1) is 0 Å². The van der Waals surface area contributed by atoms with Crippen molar-refractivity contribution in [1.82, 2.24) is 10.6 Å². The number of hydrogen-bond acceptors (Lipinski definition) is 4. The number of carbonyl (C=O) groups excluding carboxylic acids is 3. The Morgan fingerprint density at radius 2 is 1.69 bits per heavy atom. The quantitative estimate of drug-likeness (QED) is 0.694. The number of ether oxygens (including phenoxy) is 1. The van der Waals surface area contributed by atoms with Crippen LogP contribution in [0.2, 0.25) is 0 Å². The van der Waals surface area contributed by atoms with Gasteiger partial charge in [0, 0.05) is 20.2 Å². The van der Waals surface area contributed by atoms with E-state index >= 15 is 0 Å². The molecule has 0 aliphatic carbocycles. The van der Waals surface area contributed by atoms with Gasteiger partial charge in [-0.1, -0.05) is 42.5 Å². The largest absolute Gasteiger partial charge is 0.383 e. The molecule has 0 saturated heterocycles. The fourth-order valence-electron chi connectivity index (χ4n) is 3.08. The molecule has 3 rings (SSSR count). The van der Waals surface area contributed by atoms with Crippen molar-refractivity contribution in [3.63, 3.8) is 0 Å². The van der Waals surface area contributed by atoms with Crippen molar-refractivity contribution in [3.05, 3.63) is 60.2 Å². The lowest BCUT2D eigenvalue weighted by atomic mass is 10.1. The molecular formula is C21H24N4O4. The number of benzene rings is 2. The lowest BCUT2D eigenvalue weighted by Gasteiger charge is -2.35. The second kappa shape index (κ2) is 9.70. The maximum absolute atomic E-state index is 12.7. The molecule has 0 saturated carbocycles. The van der Waals surface area contributed by atoms with E-state index in [0.29, 0.717) is 31.1 Å². The summed E-state index contributed by atoms with van der Waals surface area (Å²) in [7, 11) is 1.55. The summed E-state index contributed by atoms with van der Waals surface area (Å²) in [6, 6.07) is 16.2. The van der Waals surface area contributed by atoms with Gasteiger partial charge in [0.2, 0.25) is 11.8 Å². The molecule has 1 aliphatic heterocycles. The van der Waals surface area contributed by atoms with E-state index in [-0.39, 0.29) is 30.9 Å². The van der Waals surface area contributed by atoms with Crippen LogP contribution in [0.25, 0.3) is 0 Å². The van der Waals surface area contributed by atoms with Crippen LogP contribution in [0.4, 0.5) is 16.2 Å². The van der Waals surface area contributed by atoms with Crippen molar-refractivity contribution < 1.29 is 19.1 Å². The Labute approximate surface area is 169 Å². The number of anilines is 2. The van der Waals surface area contributed by atoms with Gasteiger partial charge in [-0.25, -0.2) is 4.79 Å². The third-order valence-electron chi connectivity index (χ3n) is 4.52. The minimum absolute atomic E-state index is 0.112. The zero-order valence-corrected chi connectivity index (χ0v) is 16.3. The Hall–Kier alpha value is -3.39. The maximum Gasteiger partial charge on any atom is 0.322 e. The Bertz CT molecular complexity index is 872. The number of urea groups is 1. The van der Waals surface area contributed by atoms with Crippen molar-refractivity contribution in [3.8, 4) is 0 Å². The summed E-state index contributed by atoms with van der Waals surface area (Å²) in [5, 5.41) is 5.55. The number of para-hydroxylation sites is 2. The predicted octanol–water partition coefficient (Wildman–Crippen LogP) is 1.51. The zero-order valence-electron chi connectivity index (χ0n) is 16.3. The molecule has 1 heterocycles. The van der Waals surface area contributed by atoms with Gasteiger partial charge < -0.3 is 15.4 Å². The van der Waals surface area contributed by atoms with Gasteiger partial charge in [0.1, 0.15) is 13.1 Å². The summed E-state index contributed by atoms with van der Waals surface area (Å²) in [5.74, 6) is -0.604. The molecule has 0 spiro atoms.